The van der Waals surface area contributed by atoms with E-state index in [0.29, 0.717) is 140 Å². The second kappa shape index (κ2) is 46.6. The molecule has 1 aliphatic carbocycles. The first-order chi connectivity index (χ1) is 55.8. The van der Waals surface area contributed by atoms with E-state index < -0.39 is 47.9 Å². The van der Waals surface area contributed by atoms with Gasteiger partial charge in [-0.1, -0.05) is 49.4 Å². The third-order valence-corrected chi connectivity index (χ3v) is 20.4. The third-order valence-electron chi connectivity index (χ3n) is 20.4. The van der Waals surface area contributed by atoms with Crippen LogP contribution in [0.4, 0.5) is 26.7 Å². The zero-order chi connectivity index (χ0) is 81.9. The molecule has 6 aliphatic rings. The van der Waals surface area contributed by atoms with Crippen LogP contribution in [0.2, 0.25) is 0 Å². The maximum atomic E-state index is 14.5. The number of imide groups is 1. The van der Waals surface area contributed by atoms with E-state index in [9.17, 15) is 53.4 Å². The number of ketones is 1. The summed E-state index contributed by atoms with van der Waals surface area (Å²) in [6.07, 6.45) is 19.4. The van der Waals surface area contributed by atoms with E-state index in [2.05, 4.69) is 38.4 Å². The summed E-state index contributed by atoms with van der Waals surface area (Å²) in [5.41, 5.74) is 4.62. The highest BCUT2D eigenvalue weighted by atomic mass is 16.6. The van der Waals surface area contributed by atoms with Gasteiger partial charge < -0.3 is 88.1 Å². The SMILES string of the molecule is C/C=C/C1=CN2Cc3cc(CO)c(OCCCOc4cc5c(cc4OC)C(=O)N4C=C(/C=C/C)C[C@H]4[C@H](O)N5C(=O)OCc4ccc(NC(=O)O[C@H]5/C=C/CC[C@@](C)(C(=O)NCCCCC(NC(=O)CCOCCOCCOCCOCCNC(=O)CCN6C(=O)CCC6=O)C(=O)CCCOCCOC)CC5)cc4)cc3N=CC2C1. The van der Waals surface area contributed by atoms with E-state index in [4.69, 9.17) is 57.1 Å². The number of Topliss-reactive ketones (excluding diaryl/α,β-unsaturated/α-hetero) is 1. The van der Waals surface area contributed by atoms with Crippen molar-refractivity contribution in [3.8, 4) is 17.2 Å². The molecule has 8 amide bonds. The average Bonchev–Trinajstić information content (AvgIpc) is 1.60. The number of aliphatic imine (C=N–C) groups is 1. The Balaban J connectivity index is 0.679. The van der Waals surface area contributed by atoms with E-state index in [-0.39, 0.29) is 169 Å². The number of carbonyl (C=O) groups is 9. The smallest absolute Gasteiger partial charge is 0.416 e. The topological polar surface area (TPSA) is 369 Å². The molecule has 2 unspecified atom stereocenters. The van der Waals surface area contributed by atoms with Gasteiger partial charge in [0.15, 0.2) is 23.5 Å². The number of hydrogen-bond donors (Lipinski definition) is 6. The number of ether oxygens (including phenoxy) is 11. The van der Waals surface area contributed by atoms with E-state index in [0.717, 1.165) is 33.0 Å². The van der Waals surface area contributed by atoms with Gasteiger partial charge in [-0.2, -0.15) is 0 Å². The normalized spacial score (nSPS) is 19.6. The number of nitrogens with one attached hydrogen (secondary N) is 4. The largest absolute Gasteiger partial charge is 0.493 e. The summed E-state index contributed by atoms with van der Waals surface area (Å²) in [4.78, 5) is 129. The lowest BCUT2D eigenvalue weighted by molar-refractivity contribution is -0.139. The molecule has 0 saturated carbocycles. The third kappa shape index (κ3) is 27.1. The van der Waals surface area contributed by atoms with Crippen LogP contribution in [0.1, 0.15) is 151 Å². The maximum Gasteiger partial charge on any atom is 0.416 e. The molecule has 31 heteroatoms. The number of unbranched alkanes of at least 4 members (excludes halogenated alkanes) is 1. The zero-order valence-corrected chi connectivity index (χ0v) is 66.7. The second-order valence-electron chi connectivity index (χ2n) is 28.9. The van der Waals surface area contributed by atoms with Crippen molar-refractivity contribution in [1.82, 2.24) is 30.7 Å². The quantitative estimate of drug-likeness (QED) is 0.0174. The number of likely N-dealkylation sites (tertiary alicyclic amines) is 1. The number of amides is 8. The minimum absolute atomic E-state index is 0.0291. The molecular weight excluding hydrogens is 1490 g/mol. The Morgan fingerprint density at radius 3 is 2.11 bits per heavy atom. The van der Waals surface area contributed by atoms with Gasteiger partial charge in [0.25, 0.3) is 5.91 Å². The molecule has 5 aliphatic heterocycles. The molecule has 115 heavy (non-hydrogen) atoms. The highest BCUT2D eigenvalue weighted by Crippen LogP contribution is 2.43. The molecule has 0 radical (unpaired) electrons. The summed E-state index contributed by atoms with van der Waals surface area (Å²) in [6.45, 7) is 10.3. The summed E-state index contributed by atoms with van der Waals surface area (Å²) in [7, 11) is 3.02. The number of methoxy groups -OCH3 is 2. The Morgan fingerprint density at radius 2 is 1.40 bits per heavy atom. The molecule has 31 nitrogen and oxygen atoms in total. The van der Waals surface area contributed by atoms with Gasteiger partial charge in [-0.15, -0.1) is 0 Å². The number of anilines is 2. The summed E-state index contributed by atoms with van der Waals surface area (Å²) >= 11 is 0. The highest BCUT2D eigenvalue weighted by molar-refractivity contribution is 6.07. The van der Waals surface area contributed by atoms with Crippen LogP contribution in [-0.2, 0) is 86.4 Å². The van der Waals surface area contributed by atoms with E-state index in [1.807, 2.05) is 69.5 Å². The van der Waals surface area contributed by atoms with Gasteiger partial charge >= 0.3 is 12.2 Å². The van der Waals surface area contributed by atoms with Crippen LogP contribution in [0.3, 0.4) is 0 Å². The zero-order valence-electron chi connectivity index (χ0n) is 66.7. The summed E-state index contributed by atoms with van der Waals surface area (Å²) < 4.78 is 62.8. The Hall–Kier alpha value is -9.86. The molecule has 3 aromatic rings. The molecule has 0 bridgehead atoms. The van der Waals surface area contributed by atoms with Gasteiger partial charge in [-0.3, -0.25) is 48.8 Å². The number of rotatable bonds is 47. The number of benzene rings is 3. The van der Waals surface area contributed by atoms with Crippen LogP contribution >= 0.6 is 0 Å². The first-order valence-electron chi connectivity index (χ1n) is 39.8. The summed E-state index contributed by atoms with van der Waals surface area (Å²) in [5, 5.41) is 34.0. The van der Waals surface area contributed by atoms with E-state index in [1.54, 1.807) is 37.6 Å². The number of carbonyl (C=O) groups excluding carboxylic acids is 9. The molecule has 1 fully saturated rings. The summed E-state index contributed by atoms with van der Waals surface area (Å²) in [6, 6.07) is 11.8. The maximum absolute atomic E-state index is 14.5. The monoisotopic (exact) mass is 1600 g/mol. The number of aliphatic hydroxyl groups excluding tert-OH is 2. The van der Waals surface area contributed by atoms with Crippen molar-refractivity contribution in [1.29, 1.82) is 0 Å². The average molecular weight is 1600 g/mol. The van der Waals surface area contributed by atoms with Gasteiger partial charge in [0.05, 0.1) is 128 Å². The van der Waals surface area contributed by atoms with Crippen molar-refractivity contribution in [3.05, 3.63) is 131 Å². The van der Waals surface area contributed by atoms with E-state index in [1.165, 1.54) is 29.7 Å². The van der Waals surface area contributed by atoms with Crippen LogP contribution < -0.4 is 40.4 Å². The molecule has 1 saturated heterocycles. The van der Waals surface area contributed by atoms with Crippen LogP contribution in [0.15, 0.2) is 114 Å². The van der Waals surface area contributed by atoms with Crippen LogP contribution in [0.25, 0.3) is 0 Å². The van der Waals surface area contributed by atoms with Crippen LogP contribution in [0.5, 0.6) is 17.2 Å². The van der Waals surface area contributed by atoms with Gasteiger partial charge in [-0.05, 0) is 131 Å². The van der Waals surface area contributed by atoms with Crippen LogP contribution in [0, 0.1) is 5.41 Å². The first-order valence-corrected chi connectivity index (χ1v) is 39.8. The molecule has 0 spiro atoms. The molecule has 0 aromatic heterocycles. The van der Waals surface area contributed by atoms with Gasteiger partial charge in [0.1, 0.15) is 18.5 Å². The van der Waals surface area contributed by atoms with Crippen LogP contribution in [-0.4, -0.2) is 235 Å². The standard InChI is InChI=1S/C84H113N9O22/c1-6-14-59-46-64-52-87-68-50-72(62(56-94)48-61(68)55-90(64)53-59)112-34-13-35-113-74-51-69-66(49-73(74)106-5)79(100)92-54-60(15-7-2)47-70(92)80(101)93(69)83(104)114-57-58-19-21-63(22-20-58)88-82(103)115-65-16-8-10-28-84(3,29-25-65)81(102)86-30-11-9-17-67(71(95)18-12-33-107-39-38-105-4)89-76(97)27-36-108-40-42-110-44-45-111-43-41-109-37-31-85-75(96)26-32-91-77(98)23-24-78(91)99/h6-8,14-16,19-22,48-54,64-65,67,70,80,94,101H,9-13,17-18,23-47,55-57H2,1-5H3,(H,85,96)(H,86,102)(H,88,103)(H,89,97)/b14-6+,15-7+,16-8+/t64?,65-,67?,70-,80-,84+/m0/s1. The second-order valence-corrected chi connectivity index (χ2v) is 28.9. The van der Waals surface area contributed by atoms with Gasteiger partial charge in [0.2, 0.25) is 29.5 Å². The Morgan fingerprint density at radius 1 is 0.704 bits per heavy atom. The molecular formula is C84H113N9O22. The lowest BCUT2D eigenvalue weighted by Crippen LogP contribution is -2.50. The first kappa shape index (κ1) is 89.1. The molecule has 6 N–H and O–H groups in total. The van der Waals surface area contributed by atoms with Crippen molar-refractivity contribution in [2.24, 2.45) is 10.4 Å². The lowest BCUT2D eigenvalue weighted by atomic mass is 9.78. The number of nitrogens with zero attached hydrogens (tertiary/aromatic N) is 5. The molecule has 5 heterocycles. The molecule has 6 atom stereocenters. The van der Waals surface area contributed by atoms with Crippen molar-refractivity contribution in [2.75, 3.05) is 130 Å². The predicted molar refractivity (Wildman–Crippen MR) is 425 cm³/mol. The Labute approximate surface area is 672 Å². The minimum Gasteiger partial charge on any atom is -0.493 e. The number of aliphatic hydroxyl groups is 2. The van der Waals surface area contributed by atoms with E-state index >= 15 is 0 Å². The Kier molecular flexibility index (Phi) is 36.1. The van der Waals surface area contributed by atoms with Crippen molar-refractivity contribution < 1.29 is 105 Å². The van der Waals surface area contributed by atoms with Crippen molar-refractivity contribution >= 4 is 76.7 Å². The fourth-order valence-electron chi connectivity index (χ4n) is 14.0. The van der Waals surface area contributed by atoms with Crippen molar-refractivity contribution in [2.45, 2.75) is 174 Å². The Bertz CT molecular complexity index is 3960. The molecule has 9 rings (SSSR count). The molecule has 3 aromatic carbocycles. The highest BCUT2D eigenvalue weighted by Gasteiger charge is 2.46. The summed E-state index contributed by atoms with van der Waals surface area (Å²) in [5.74, 6) is -0.943. The molecule has 626 valence electrons. The number of hydrogen-bond acceptors (Lipinski definition) is 24. The number of fused-ring (bicyclic) bond motifs is 4. The van der Waals surface area contributed by atoms with Crippen molar-refractivity contribution in [3.63, 3.8) is 0 Å². The fourth-order valence-corrected chi connectivity index (χ4v) is 14.0. The fraction of sp³-hybridized carbons (Fsp3) is 0.548. The van der Waals surface area contributed by atoms with Gasteiger partial charge in [0, 0.05) is 126 Å². The van der Waals surface area contributed by atoms with Gasteiger partial charge in [-0.25, -0.2) is 14.5 Å². The number of allylic oxidation sites excluding steroid dienone is 5. The predicted octanol–water partition coefficient (Wildman–Crippen LogP) is 8.88. The minimum atomic E-state index is -1.57. The lowest BCUT2D eigenvalue weighted by Gasteiger charge is -2.31.